The minimum absolute atomic E-state index is 0. The summed E-state index contributed by atoms with van der Waals surface area (Å²) >= 11 is 31.8. The van der Waals surface area contributed by atoms with Gasteiger partial charge in [-0.1, -0.05) is 67.9 Å². The number of benzene rings is 1. The number of allylic oxidation sites excluding steroid dienone is 1. The Labute approximate surface area is 731 Å². The largest absolute Gasteiger partial charge is 0.477 e. The van der Waals surface area contributed by atoms with E-state index in [-0.39, 0.29) is 113 Å². The Morgan fingerprint density at radius 2 is 1.02 bits per heavy atom. The molecular weight excluding hydrogens is 1760 g/mol. The summed E-state index contributed by atoms with van der Waals surface area (Å²) in [5.74, 6) is 5.54. The second-order valence-corrected chi connectivity index (χ2v) is 33.1. The SMILES string of the molecule is C.C.C=C(CCl)CCl.C=C1COc2ccnn2C1.CC(C)(C)OC(=O)NCC1COc2c(Br)cnn2C1.CC(C)(C)OC(=O)NCC1COc2c(S(=O)(=O)Oc3c(Cl)cc(Cl)cc3Cl)cnn2C1.CC(C)(C)OC(=O)NCC1COc2ccnn2C1.CO.N.O.O=C1C=CNC1.OCC1COc2ccnn2C1.[N-]=[N+]=NCC1COc2ccnn2C1. The zero-order chi connectivity index (χ0) is 85.3. The molecule has 0 saturated carbocycles. The van der Waals surface area contributed by atoms with Crippen LogP contribution in [0.15, 0.2) is 125 Å². The van der Waals surface area contributed by atoms with E-state index in [2.05, 4.69) is 91.0 Å². The first-order valence-corrected chi connectivity index (χ1v) is 40.5. The van der Waals surface area contributed by atoms with Gasteiger partial charge in [0.15, 0.2) is 16.4 Å². The topological polar surface area (TPSA) is 505 Å². The van der Waals surface area contributed by atoms with Crippen LogP contribution in [0.3, 0.4) is 0 Å². The van der Waals surface area contributed by atoms with Crippen LogP contribution in [0.1, 0.15) is 77.2 Å². The average molecular weight is 1880 g/mol. The molecule has 13 heterocycles. The summed E-state index contributed by atoms with van der Waals surface area (Å²) in [5, 5.41) is 54.9. The van der Waals surface area contributed by atoms with Gasteiger partial charge in [-0.2, -0.15) is 39.0 Å². The van der Waals surface area contributed by atoms with E-state index in [1.807, 2.05) is 65.8 Å². The molecule has 7 aliphatic rings. The molecule has 5 atom stereocenters. The van der Waals surface area contributed by atoms with E-state index in [4.69, 9.17) is 121 Å². The molecule has 3 amide bonds. The third-order valence-electron chi connectivity index (χ3n) is 15.4. The first-order chi connectivity index (χ1) is 55.0. The molecule has 0 radical (unpaired) electrons. The van der Waals surface area contributed by atoms with E-state index in [1.165, 1.54) is 22.9 Å². The number of ketones is 1. The lowest BCUT2D eigenvalue weighted by Gasteiger charge is -2.25. The molecule has 0 aliphatic carbocycles. The molecule has 0 saturated heterocycles. The van der Waals surface area contributed by atoms with Crippen LogP contribution >= 0.6 is 73.9 Å². The van der Waals surface area contributed by atoms with Gasteiger partial charge < -0.3 is 89.9 Å². The van der Waals surface area contributed by atoms with Gasteiger partial charge >= 0.3 is 28.4 Å². The molecule has 46 heteroatoms. The molecule has 0 spiro atoms. The highest BCUT2D eigenvalue weighted by Gasteiger charge is 2.34. The van der Waals surface area contributed by atoms with Crippen molar-refractivity contribution in [2.24, 2.45) is 34.7 Å². The van der Waals surface area contributed by atoms with E-state index >= 15 is 0 Å². The summed E-state index contributed by atoms with van der Waals surface area (Å²) in [5.41, 5.74) is 8.53. The van der Waals surface area contributed by atoms with E-state index in [9.17, 15) is 27.6 Å². The number of carbonyl (C=O) groups is 4. The van der Waals surface area contributed by atoms with Crippen LogP contribution in [0.25, 0.3) is 10.4 Å². The molecule has 7 aromatic rings. The van der Waals surface area contributed by atoms with Crippen molar-refractivity contribution in [2.75, 3.05) is 97.8 Å². The van der Waals surface area contributed by atoms with Gasteiger partial charge in [-0.05, 0) is 113 Å². The van der Waals surface area contributed by atoms with E-state index in [0.29, 0.717) is 77.5 Å². The van der Waals surface area contributed by atoms with Crippen LogP contribution < -0.4 is 60.0 Å². The van der Waals surface area contributed by atoms with Gasteiger partial charge in [-0.15, -0.1) is 23.2 Å². The van der Waals surface area contributed by atoms with Gasteiger partial charge in [0.05, 0.1) is 137 Å². The molecule has 5 unspecified atom stereocenters. The predicted octanol–water partition coefficient (Wildman–Crippen LogP) is 11.6. The fraction of sp³-hybridized carbons (Fsp3) is 0.541. The second kappa shape index (κ2) is 52.1. The Balaban J connectivity index is 0.000000484. The van der Waals surface area contributed by atoms with Crippen molar-refractivity contribution in [2.45, 2.75) is 138 Å². The van der Waals surface area contributed by atoms with Crippen molar-refractivity contribution >= 4 is 108 Å². The number of nitrogens with one attached hydrogen (secondary N) is 4. The number of aromatic nitrogens is 12. The molecule has 0 fully saturated rings. The van der Waals surface area contributed by atoms with Crippen molar-refractivity contribution < 1.29 is 90.1 Å². The van der Waals surface area contributed by atoms with E-state index < -0.39 is 45.2 Å². The number of nitrogens with zero attached hydrogens (tertiary/aromatic N) is 15. The highest BCUT2D eigenvalue weighted by Crippen LogP contribution is 2.39. The number of alkyl halides is 2. The van der Waals surface area contributed by atoms with Gasteiger partial charge in [0.2, 0.25) is 35.3 Å². The summed E-state index contributed by atoms with van der Waals surface area (Å²) in [6, 6.07) is 9.96. The normalized spacial score (nSPS) is 16.9. The number of amides is 3. The van der Waals surface area contributed by atoms with Crippen LogP contribution in [-0.2, 0) is 68.4 Å². The molecule has 120 heavy (non-hydrogen) atoms. The number of aliphatic hydroxyl groups excluding tert-OH is 2. The molecule has 6 aromatic heterocycles. The van der Waals surface area contributed by atoms with Crippen molar-refractivity contribution in [3.63, 3.8) is 0 Å². The van der Waals surface area contributed by atoms with E-state index in [1.54, 1.807) is 81.4 Å². The number of aliphatic hydroxyl groups is 2. The van der Waals surface area contributed by atoms with Crippen LogP contribution in [0.2, 0.25) is 15.1 Å². The monoisotopic (exact) mass is 1870 g/mol. The number of carbonyl (C=O) groups excluding carboxylic acids is 4. The van der Waals surface area contributed by atoms with Crippen molar-refractivity contribution in [3.05, 3.63) is 140 Å². The fourth-order valence-electron chi connectivity index (χ4n) is 10.2. The van der Waals surface area contributed by atoms with Gasteiger partial charge in [0.25, 0.3) is 0 Å². The van der Waals surface area contributed by atoms with Gasteiger partial charge in [0, 0.05) is 115 Å². The molecule has 11 N–H and O–H groups in total. The summed E-state index contributed by atoms with van der Waals surface area (Å²) in [6.07, 6.45) is 11.5. The Morgan fingerprint density at radius 1 is 0.633 bits per heavy atom. The minimum atomic E-state index is -4.34. The predicted molar refractivity (Wildman–Crippen MR) is 457 cm³/mol. The van der Waals surface area contributed by atoms with Crippen LogP contribution in [-0.4, -0.2) is 221 Å². The maximum Gasteiger partial charge on any atom is 0.407 e. The first kappa shape index (κ1) is 107. The Hall–Kier alpha value is -9.39. The standard InChI is InChI=1S/C18H20Cl3N3O6S.C12H18BrN3O3.C12H19N3O3.C7H9N5O.C7H10N2O2.C7H8N2O.C4H6Cl2.C4H5NO.CH4O.2CH4.H3N.H2O/c1-18(2,3)29-17(25)22-6-10-8-24-16(28-9-10)14(7-23-24)31(26,27)30-15-12(20)4-11(19)5-13(15)21;1-12(2,3)19-11(17)14-4-8-6-16-10(18-7-8)9(13)5-15-16;1-12(2,3)18-11(16)13-6-9-7-15-10(17-8-9)4-5-14-15;8-11-9-3-6-4-12-7(13-5-6)1-2-10-12;10-4-6-3-9-7(11-5-6)1-2-8-9;1-6-4-9-7(10-5-6)2-3-8-9;1-4(2-5)3-6;6-4-1-2-5-3-4;1-2;;;;/h4-5,7,10H,6,8-9H2,1-3H3,(H,22,25);5,8H,4,6-7H2,1-3H3,(H,14,17);4-5,9H,6-8H2,1-3H3,(H,13,16);1-2,6H,3-5H2;1-2,6,10H,3-5H2;2-3H,1,4-5H2;1-3H2;1-2,5H,3H2;2H,1H3;2*1H4;1H3;1H2. The Bertz CT molecular complexity index is 4500. The Kier molecular flexibility index (Phi) is 46.3. The summed E-state index contributed by atoms with van der Waals surface area (Å²) in [4.78, 5) is 47.4. The lowest BCUT2D eigenvalue weighted by molar-refractivity contribution is -0.113. The van der Waals surface area contributed by atoms with E-state index in [0.717, 1.165) is 91.0 Å². The van der Waals surface area contributed by atoms with Gasteiger partial charge in [-0.3, -0.25) is 4.79 Å². The number of hydrogen-bond donors (Lipinski definition) is 7. The van der Waals surface area contributed by atoms with Crippen molar-refractivity contribution in [1.29, 1.82) is 0 Å². The number of hydrogen-bond acceptors (Lipinski definition) is 27. The van der Waals surface area contributed by atoms with Crippen molar-refractivity contribution in [3.8, 4) is 41.0 Å². The van der Waals surface area contributed by atoms with Crippen LogP contribution in [0.5, 0.6) is 41.0 Å². The molecule has 14 rings (SSSR count). The maximum atomic E-state index is 12.8. The minimum Gasteiger partial charge on any atom is -0.477 e. The highest BCUT2D eigenvalue weighted by molar-refractivity contribution is 9.10. The fourth-order valence-corrected chi connectivity index (χ4v) is 12.9. The highest BCUT2D eigenvalue weighted by atomic mass is 79.9. The maximum absolute atomic E-state index is 12.8. The zero-order valence-corrected chi connectivity index (χ0v) is 73.2. The number of rotatable bonds is 14. The van der Waals surface area contributed by atoms with Crippen LogP contribution in [0.4, 0.5) is 14.4 Å². The van der Waals surface area contributed by atoms with Crippen molar-refractivity contribution in [1.82, 2.24) is 86.1 Å². The number of ether oxygens (including phenoxy) is 9. The Morgan fingerprint density at radius 3 is 1.43 bits per heavy atom. The second-order valence-electron chi connectivity index (χ2n) is 29.0. The zero-order valence-electron chi connectivity index (χ0n) is 67.0. The number of halogens is 6. The lowest BCUT2D eigenvalue weighted by Crippen LogP contribution is -2.39. The molecular formula is C74H112BrCl5N20O19S. The first-order valence-electron chi connectivity index (χ1n) is 36.1. The molecule has 39 nitrogen and oxygen atoms in total. The molecule has 0 bridgehead atoms. The smallest absolute Gasteiger partial charge is 0.407 e. The third kappa shape index (κ3) is 36.9. The number of alkyl carbamates (subject to hydrolysis) is 3. The van der Waals surface area contributed by atoms with Gasteiger partial charge in [0.1, 0.15) is 23.4 Å². The average Bonchev–Trinajstić information content (AvgIpc) is 1.61. The molecule has 1 aromatic carbocycles. The van der Waals surface area contributed by atoms with Gasteiger partial charge in [-0.25, -0.2) is 42.5 Å². The third-order valence-corrected chi connectivity index (χ3v) is 18.7. The molecule has 7 aliphatic heterocycles. The number of fused-ring (bicyclic) bond motifs is 6. The summed E-state index contributed by atoms with van der Waals surface area (Å²) in [7, 11) is -3.34. The summed E-state index contributed by atoms with van der Waals surface area (Å²) in [6.45, 7) is 33.3. The quantitative estimate of drug-likeness (QED) is 0.0101. The van der Waals surface area contributed by atoms with Crippen LogP contribution in [0, 0.1) is 29.6 Å². The molecule has 670 valence electrons. The lowest BCUT2D eigenvalue weighted by atomic mass is 10.1. The number of azide groups is 1. The summed E-state index contributed by atoms with van der Waals surface area (Å²) < 4.78 is 90.1.